The van der Waals surface area contributed by atoms with E-state index >= 15 is 0 Å². The van der Waals surface area contributed by atoms with Gasteiger partial charge in [-0.3, -0.25) is 9.78 Å². The minimum atomic E-state index is -0.855. The van der Waals surface area contributed by atoms with Gasteiger partial charge in [0.2, 0.25) is 0 Å². The Labute approximate surface area is 205 Å². The minimum absolute atomic E-state index is 0.0530. The van der Waals surface area contributed by atoms with E-state index in [0.717, 1.165) is 61.8 Å². The molecule has 0 fully saturated rings. The fourth-order valence-electron chi connectivity index (χ4n) is 4.49. The molecule has 4 aromatic rings. The van der Waals surface area contributed by atoms with Gasteiger partial charge in [0, 0.05) is 23.6 Å². The van der Waals surface area contributed by atoms with E-state index in [1.54, 1.807) is 27.9 Å². The van der Waals surface area contributed by atoms with Crippen LogP contribution in [0.2, 0.25) is 0 Å². The van der Waals surface area contributed by atoms with Gasteiger partial charge in [-0.05, 0) is 91.1 Å². The third-order valence-corrected chi connectivity index (χ3v) is 5.84. The van der Waals surface area contributed by atoms with Crippen molar-refractivity contribution in [2.24, 2.45) is 0 Å². The zero-order valence-corrected chi connectivity index (χ0v) is 20.8. The smallest absolute Gasteiger partial charge is 0.307 e. The molecule has 0 saturated heterocycles. The van der Waals surface area contributed by atoms with E-state index < -0.39 is 11.6 Å². The van der Waals surface area contributed by atoms with Crippen LogP contribution in [0.1, 0.15) is 37.5 Å². The molecule has 35 heavy (non-hydrogen) atoms. The molecule has 0 aliphatic carbocycles. The van der Waals surface area contributed by atoms with Gasteiger partial charge >= 0.3 is 5.97 Å². The van der Waals surface area contributed by atoms with Crippen LogP contribution in [-0.2, 0) is 17.6 Å². The lowest BCUT2D eigenvalue weighted by Gasteiger charge is -2.22. The summed E-state index contributed by atoms with van der Waals surface area (Å²) in [6.07, 6.45) is 2.61. The number of aryl methyl sites for hydroxylation is 1. The third kappa shape index (κ3) is 5.23. The number of methoxy groups -OCH3 is 1. The minimum Gasteiger partial charge on any atom is -0.497 e. The highest BCUT2D eigenvalue weighted by molar-refractivity contribution is 6.08. The predicted molar refractivity (Wildman–Crippen MR) is 138 cm³/mol. The maximum absolute atomic E-state index is 11.7. The molecule has 182 valence electrons. The molecule has 0 unspecified atom stereocenters. The Morgan fingerprint density at radius 1 is 1.14 bits per heavy atom. The van der Waals surface area contributed by atoms with E-state index in [1.165, 1.54) is 5.56 Å². The molecule has 0 bridgehead atoms. The Kier molecular flexibility index (Phi) is 6.68. The Bertz CT molecular complexity index is 1400. The second-order valence-corrected chi connectivity index (χ2v) is 9.78. The number of carboxylic acid groups (broad SMARTS) is 1. The monoisotopic (exact) mass is 473 g/mol. The molecule has 0 atom stereocenters. The SMILES string of the molecule is CC(C)(C)O.COc1ccc2c(-c3ccc4c5c(ccnc35)CCO4)c(CC(=O)O)c(C)cc2c1. The molecular formula is C29H31NO5. The summed E-state index contributed by atoms with van der Waals surface area (Å²) < 4.78 is 11.3. The first-order valence-electron chi connectivity index (χ1n) is 11.6. The van der Waals surface area contributed by atoms with Gasteiger partial charge in [0.15, 0.2) is 0 Å². The van der Waals surface area contributed by atoms with Crippen LogP contribution in [0.15, 0.2) is 48.7 Å². The normalized spacial score (nSPS) is 12.6. The quantitative estimate of drug-likeness (QED) is 0.395. The lowest BCUT2D eigenvalue weighted by molar-refractivity contribution is -0.136. The largest absolute Gasteiger partial charge is 0.497 e. The van der Waals surface area contributed by atoms with Crippen molar-refractivity contribution in [2.45, 2.75) is 46.1 Å². The number of carbonyl (C=O) groups is 1. The number of benzene rings is 3. The Morgan fingerprint density at radius 3 is 2.57 bits per heavy atom. The van der Waals surface area contributed by atoms with Crippen molar-refractivity contribution in [3.8, 4) is 22.6 Å². The first kappa shape index (κ1) is 24.5. The molecule has 1 aliphatic rings. The van der Waals surface area contributed by atoms with E-state index in [2.05, 4.69) is 0 Å². The molecule has 0 amide bonds. The fraction of sp³-hybridized carbons (Fsp3) is 0.310. The molecule has 5 rings (SSSR count). The molecule has 1 aliphatic heterocycles. The molecular weight excluding hydrogens is 442 g/mol. The Balaban J connectivity index is 0.000000527. The Morgan fingerprint density at radius 2 is 1.89 bits per heavy atom. The molecule has 1 aromatic heterocycles. The molecule has 6 nitrogen and oxygen atoms in total. The van der Waals surface area contributed by atoms with Crippen molar-refractivity contribution in [1.82, 2.24) is 4.98 Å². The number of ether oxygens (including phenoxy) is 2. The van der Waals surface area contributed by atoms with Crippen LogP contribution in [0.5, 0.6) is 11.5 Å². The second kappa shape index (κ2) is 9.55. The van der Waals surface area contributed by atoms with Crippen LogP contribution in [0.3, 0.4) is 0 Å². The molecule has 0 saturated carbocycles. The number of aliphatic hydroxyl groups is 1. The van der Waals surface area contributed by atoms with Gasteiger partial charge < -0.3 is 19.7 Å². The molecule has 2 heterocycles. The topological polar surface area (TPSA) is 88.9 Å². The van der Waals surface area contributed by atoms with Crippen molar-refractivity contribution in [2.75, 3.05) is 13.7 Å². The lowest BCUT2D eigenvalue weighted by atomic mass is 9.86. The zero-order chi connectivity index (χ0) is 25.3. The highest BCUT2D eigenvalue weighted by atomic mass is 16.5. The van der Waals surface area contributed by atoms with Crippen LogP contribution in [0, 0.1) is 6.92 Å². The average molecular weight is 474 g/mol. The van der Waals surface area contributed by atoms with Gasteiger partial charge in [-0.1, -0.05) is 12.1 Å². The van der Waals surface area contributed by atoms with Gasteiger partial charge in [0.1, 0.15) is 11.5 Å². The Hall–Kier alpha value is -3.64. The van der Waals surface area contributed by atoms with Gasteiger partial charge in [0.25, 0.3) is 0 Å². The second-order valence-electron chi connectivity index (χ2n) is 9.78. The molecule has 0 spiro atoms. The molecule has 2 N–H and O–H groups in total. The summed E-state index contributed by atoms with van der Waals surface area (Å²) in [6, 6.07) is 13.9. The maximum atomic E-state index is 11.7. The van der Waals surface area contributed by atoms with E-state index in [0.29, 0.717) is 6.61 Å². The average Bonchev–Trinajstić information content (AvgIpc) is 2.79. The number of aromatic nitrogens is 1. The number of aliphatic carboxylic acids is 1. The number of nitrogens with zero attached hydrogens (tertiary/aromatic N) is 1. The number of hydrogen-bond donors (Lipinski definition) is 2. The van der Waals surface area contributed by atoms with E-state index in [1.807, 2.05) is 55.6 Å². The summed E-state index contributed by atoms with van der Waals surface area (Å²) in [5.41, 5.74) is 5.14. The number of carboxylic acids is 1. The standard InChI is InChI=1S/C25H21NO4.C4H10O/c1-14-11-16-12-17(29-2)3-4-18(16)24(20(14)13-22(27)28)19-5-6-21-23-15(8-10-30-21)7-9-26-25(19)23;1-4(2,3)5/h3-7,9,11-12H,8,10,13H2,1-2H3,(H,27,28);5H,1-3H3. The molecule has 3 aromatic carbocycles. The highest BCUT2D eigenvalue weighted by Crippen LogP contribution is 2.42. The lowest BCUT2D eigenvalue weighted by Crippen LogP contribution is -2.10. The summed E-state index contributed by atoms with van der Waals surface area (Å²) in [7, 11) is 1.64. The predicted octanol–water partition coefficient (Wildman–Crippen LogP) is 5.71. The number of hydrogen-bond acceptors (Lipinski definition) is 5. The summed E-state index contributed by atoms with van der Waals surface area (Å²) in [6.45, 7) is 7.85. The van der Waals surface area contributed by atoms with E-state index in [9.17, 15) is 9.90 Å². The summed E-state index contributed by atoms with van der Waals surface area (Å²) in [4.78, 5) is 16.4. The van der Waals surface area contributed by atoms with Crippen molar-refractivity contribution in [3.05, 3.63) is 65.4 Å². The van der Waals surface area contributed by atoms with Gasteiger partial charge in [-0.15, -0.1) is 0 Å². The van der Waals surface area contributed by atoms with E-state index in [4.69, 9.17) is 19.6 Å². The van der Waals surface area contributed by atoms with Crippen LogP contribution in [0.4, 0.5) is 0 Å². The van der Waals surface area contributed by atoms with Crippen LogP contribution >= 0.6 is 0 Å². The van der Waals surface area contributed by atoms with Crippen LogP contribution in [-0.4, -0.2) is 40.5 Å². The zero-order valence-electron chi connectivity index (χ0n) is 20.8. The fourth-order valence-corrected chi connectivity index (χ4v) is 4.49. The van der Waals surface area contributed by atoms with E-state index in [-0.39, 0.29) is 6.42 Å². The first-order valence-corrected chi connectivity index (χ1v) is 11.6. The first-order chi connectivity index (χ1) is 16.6. The molecule has 6 heteroatoms. The van der Waals surface area contributed by atoms with Crippen LogP contribution < -0.4 is 9.47 Å². The number of fused-ring (bicyclic) bond motifs is 1. The van der Waals surface area contributed by atoms with Crippen molar-refractivity contribution in [3.63, 3.8) is 0 Å². The maximum Gasteiger partial charge on any atom is 0.307 e. The third-order valence-electron chi connectivity index (χ3n) is 5.84. The number of rotatable bonds is 4. The highest BCUT2D eigenvalue weighted by Gasteiger charge is 2.22. The van der Waals surface area contributed by atoms with Crippen molar-refractivity contribution >= 4 is 27.6 Å². The van der Waals surface area contributed by atoms with Gasteiger partial charge in [-0.2, -0.15) is 0 Å². The number of pyridine rings is 1. The summed E-state index contributed by atoms with van der Waals surface area (Å²) >= 11 is 0. The van der Waals surface area contributed by atoms with Gasteiger partial charge in [0.05, 0.1) is 31.3 Å². The van der Waals surface area contributed by atoms with Gasteiger partial charge in [-0.25, -0.2) is 0 Å². The van der Waals surface area contributed by atoms with Crippen molar-refractivity contribution < 1.29 is 24.5 Å². The van der Waals surface area contributed by atoms with Crippen LogP contribution in [0.25, 0.3) is 32.8 Å². The molecule has 0 radical (unpaired) electrons. The van der Waals surface area contributed by atoms with Crippen molar-refractivity contribution in [1.29, 1.82) is 0 Å². The summed E-state index contributed by atoms with van der Waals surface area (Å²) in [5, 5.41) is 21.1. The summed E-state index contributed by atoms with van der Waals surface area (Å²) in [5.74, 6) is 0.745.